The molecule has 1 atom stereocenters. The molecule has 8 heteroatoms. The molecule has 0 spiro atoms. The zero-order chi connectivity index (χ0) is 17.5. The van der Waals surface area contributed by atoms with Crippen molar-refractivity contribution in [3.05, 3.63) is 47.6 Å². The van der Waals surface area contributed by atoms with Crippen LogP contribution in [0.1, 0.15) is 36.0 Å². The molecular formula is C17H20N4O4. The van der Waals surface area contributed by atoms with E-state index in [4.69, 9.17) is 9.26 Å². The first-order valence-corrected chi connectivity index (χ1v) is 8.21. The summed E-state index contributed by atoms with van der Waals surface area (Å²) in [5.74, 6) is -0.106. The smallest absolute Gasteiger partial charge is 0.246 e. The SMILES string of the molecule is O=C(COCc1ccccc1)NCc1nc(C2CCCNC2=O)no1. The minimum absolute atomic E-state index is 0.0546. The second kappa shape index (κ2) is 8.39. The Morgan fingerprint density at radius 2 is 2.20 bits per heavy atom. The van der Waals surface area contributed by atoms with Crippen LogP contribution in [0.4, 0.5) is 0 Å². The summed E-state index contributed by atoms with van der Waals surface area (Å²) in [4.78, 5) is 27.8. The van der Waals surface area contributed by atoms with Gasteiger partial charge in [-0.3, -0.25) is 9.59 Å². The standard InChI is InChI=1S/C17H20N4O4/c22-14(11-24-10-12-5-2-1-3-6-12)19-9-15-20-16(21-25-15)13-7-4-8-18-17(13)23/h1-3,5-6,13H,4,7-11H2,(H,18,23)(H,19,22). The second-order valence-corrected chi connectivity index (χ2v) is 5.79. The van der Waals surface area contributed by atoms with E-state index in [2.05, 4.69) is 20.8 Å². The van der Waals surface area contributed by atoms with E-state index in [0.717, 1.165) is 12.0 Å². The van der Waals surface area contributed by atoms with Crippen LogP contribution < -0.4 is 10.6 Å². The van der Waals surface area contributed by atoms with Gasteiger partial charge in [-0.15, -0.1) is 0 Å². The number of carbonyl (C=O) groups is 2. The van der Waals surface area contributed by atoms with Gasteiger partial charge in [0.25, 0.3) is 0 Å². The maximum absolute atomic E-state index is 11.8. The molecule has 1 aliphatic rings. The van der Waals surface area contributed by atoms with Crippen LogP contribution in [0, 0.1) is 0 Å². The van der Waals surface area contributed by atoms with Gasteiger partial charge in [0, 0.05) is 6.54 Å². The predicted molar refractivity (Wildman–Crippen MR) is 87.2 cm³/mol. The average molecular weight is 344 g/mol. The first kappa shape index (κ1) is 17.1. The molecule has 132 valence electrons. The van der Waals surface area contributed by atoms with Crippen molar-refractivity contribution in [1.29, 1.82) is 0 Å². The van der Waals surface area contributed by atoms with Gasteiger partial charge in [-0.25, -0.2) is 0 Å². The lowest BCUT2D eigenvalue weighted by Gasteiger charge is -2.18. The summed E-state index contributed by atoms with van der Waals surface area (Å²) < 4.78 is 10.4. The molecule has 3 rings (SSSR count). The van der Waals surface area contributed by atoms with Crippen molar-refractivity contribution < 1.29 is 18.8 Å². The molecule has 0 saturated carbocycles. The molecule has 2 heterocycles. The third-order valence-corrected chi connectivity index (χ3v) is 3.86. The van der Waals surface area contributed by atoms with E-state index in [1.807, 2.05) is 30.3 Å². The van der Waals surface area contributed by atoms with Crippen molar-refractivity contribution in [3.8, 4) is 0 Å². The van der Waals surface area contributed by atoms with Crippen molar-refractivity contribution in [2.45, 2.75) is 31.9 Å². The normalized spacial score (nSPS) is 17.1. The number of aromatic nitrogens is 2. The highest BCUT2D eigenvalue weighted by Gasteiger charge is 2.28. The molecule has 1 saturated heterocycles. The molecule has 2 aromatic rings. The Kier molecular flexibility index (Phi) is 5.73. The Morgan fingerprint density at radius 3 is 3.00 bits per heavy atom. The van der Waals surface area contributed by atoms with E-state index < -0.39 is 0 Å². The lowest BCUT2D eigenvalue weighted by atomic mass is 9.98. The molecule has 25 heavy (non-hydrogen) atoms. The summed E-state index contributed by atoms with van der Waals surface area (Å²) in [6, 6.07) is 9.61. The van der Waals surface area contributed by atoms with Gasteiger partial charge < -0.3 is 19.9 Å². The monoisotopic (exact) mass is 344 g/mol. The average Bonchev–Trinajstić information content (AvgIpc) is 3.10. The first-order valence-electron chi connectivity index (χ1n) is 8.21. The third-order valence-electron chi connectivity index (χ3n) is 3.86. The van der Waals surface area contributed by atoms with Crippen LogP contribution in [0.2, 0.25) is 0 Å². The first-order chi connectivity index (χ1) is 12.2. The minimum atomic E-state index is -0.379. The zero-order valence-corrected chi connectivity index (χ0v) is 13.7. The number of hydrogen-bond acceptors (Lipinski definition) is 6. The zero-order valence-electron chi connectivity index (χ0n) is 13.7. The predicted octanol–water partition coefficient (Wildman–Crippen LogP) is 0.896. The van der Waals surface area contributed by atoms with Gasteiger partial charge >= 0.3 is 0 Å². The largest absolute Gasteiger partial charge is 0.367 e. The van der Waals surface area contributed by atoms with Crippen LogP contribution >= 0.6 is 0 Å². The molecular weight excluding hydrogens is 324 g/mol. The van der Waals surface area contributed by atoms with E-state index in [-0.39, 0.29) is 36.8 Å². The second-order valence-electron chi connectivity index (χ2n) is 5.79. The molecule has 0 bridgehead atoms. The fraction of sp³-hybridized carbons (Fsp3) is 0.412. The number of carbonyl (C=O) groups excluding carboxylic acids is 2. The van der Waals surface area contributed by atoms with E-state index in [0.29, 0.717) is 25.4 Å². The highest BCUT2D eigenvalue weighted by atomic mass is 16.5. The topological polar surface area (TPSA) is 106 Å². The van der Waals surface area contributed by atoms with Gasteiger partial charge in [0.2, 0.25) is 17.7 Å². The van der Waals surface area contributed by atoms with Gasteiger partial charge in [0.05, 0.1) is 13.2 Å². The highest BCUT2D eigenvalue weighted by Crippen LogP contribution is 2.21. The van der Waals surface area contributed by atoms with Crippen molar-refractivity contribution >= 4 is 11.8 Å². The number of hydrogen-bond donors (Lipinski definition) is 2. The highest BCUT2D eigenvalue weighted by molar-refractivity contribution is 5.83. The maximum Gasteiger partial charge on any atom is 0.246 e. The molecule has 1 fully saturated rings. The van der Waals surface area contributed by atoms with E-state index >= 15 is 0 Å². The number of ether oxygens (including phenoxy) is 1. The molecule has 1 aliphatic heterocycles. The maximum atomic E-state index is 11.8. The van der Waals surface area contributed by atoms with Crippen molar-refractivity contribution in [1.82, 2.24) is 20.8 Å². The number of nitrogens with zero attached hydrogens (tertiary/aromatic N) is 2. The Morgan fingerprint density at radius 1 is 1.36 bits per heavy atom. The fourth-order valence-electron chi connectivity index (χ4n) is 2.56. The molecule has 2 amide bonds. The van der Waals surface area contributed by atoms with Crippen LogP contribution in [-0.2, 0) is 27.5 Å². The van der Waals surface area contributed by atoms with Crippen molar-refractivity contribution in [2.24, 2.45) is 0 Å². The van der Waals surface area contributed by atoms with Gasteiger partial charge in [0.1, 0.15) is 12.5 Å². The fourth-order valence-corrected chi connectivity index (χ4v) is 2.56. The Bertz CT molecular complexity index is 716. The van der Waals surface area contributed by atoms with Crippen LogP contribution in [0.25, 0.3) is 0 Å². The van der Waals surface area contributed by atoms with Crippen LogP contribution in [0.15, 0.2) is 34.9 Å². The van der Waals surface area contributed by atoms with Crippen LogP contribution in [0.5, 0.6) is 0 Å². The van der Waals surface area contributed by atoms with Crippen molar-refractivity contribution in [2.75, 3.05) is 13.2 Å². The summed E-state index contributed by atoms with van der Waals surface area (Å²) in [5, 5.41) is 9.27. The number of amides is 2. The molecule has 2 N–H and O–H groups in total. The molecule has 0 aliphatic carbocycles. The van der Waals surface area contributed by atoms with Gasteiger partial charge in [-0.05, 0) is 18.4 Å². The van der Waals surface area contributed by atoms with Gasteiger partial charge in [-0.2, -0.15) is 4.98 Å². The van der Waals surface area contributed by atoms with Crippen LogP contribution in [-0.4, -0.2) is 35.1 Å². The Labute approximate surface area is 144 Å². The van der Waals surface area contributed by atoms with E-state index in [9.17, 15) is 9.59 Å². The summed E-state index contributed by atoms with van der Waals surface area (Å²) >= 11 is 0. The molecule has 1 unspecified atom stereocenters. The molecule has 8 nitrogen and oxygen atoms in total. The van der Waals surface area contributed by atoms with E-state index in [1.54, 1.807) is 0 Å². The van der Waals surface area contributed by atoms with Crippen molar-refractivity contribution in [3.63, 3.8) is 0 Å². The Hall–Kier alpha value is -2.74. The number of benzene rings is 1. The Balaban J connectivity index is 1.41. The lowest BCUT2D eigenvalue weighted by molar-refractivity contribution is -0.126. The van der Waals surface area contributed by atoms with Gasteiger partial charge in [-0.1, -0.05) is 35.5 Å². The number of nitrogens with one attached hydrogen (secondary N) is 2. The van der Waals surface area contributed by atoms with E-state index in [1.165, 1.54) is 0 Å². The molecule has 1 aromatic carbocycles. The number of rotatable bonds is 7. The van der Waals surface area contributed by atoms with Crippen LogP contribution in [0.3, 0.4) is 0 Å². The summed E-state index contributed by atoms with van der Waals surface area (Å²) in [5.41, 5.74) is 1.00. The number of piperidine rings is 1. The molecule has 1 aromatic heterocycles. The quantitative estimate of drug-likeness (QED) is 0.773. The third kappa shape index (κ3) is 4.87. The lowest BCUT2D eigenvalue weighted by Crippen LogP contribution is -2.35. The minimum Gasteiger partial charge on any atom is -0.367 e. The van der Waals surface area contributed by atoms with Gasteiger partial charge in [0.15, 0.2) is 5.82 Å². The summed E-state index contributed by atoms with van der Waals surface area (Å²) in [7, 11) is 0. The summed E-state index contributed by atoms with van der Waals surface area (Å²) in [6.45, 7) is 1.10. The molecule has 0 radical (unpaired) electrons. The summed E-state index contributed by atoms with van der Waals surface area (Å²) in [6.07, 6.45) is 1.58.